The van der Waals surface area contributed by atoms with Gasteiger partial charge in [0, 0.05) is 6.04 Å². The summed E-state index contributed by atoms with van der Waals surface area (Å²) in [5.74, 6) is 0.469. The van der Waals surface area contributed by atoms with Gasteiger partial charge in [0.1, 0.15) is 0 Å². The summed E-state index contributed by atoms with van der Waals surface area (Å²) < 4.78 is 0. The normalized spacial score (nSPS) is 36.2. The van der Waals surface area contributed by atoms with E-state index in [0.29, 0.717) is 12.0 Å². The lowest BCUT2D eigenvalue weighted by molar-refractivity contribution is -0.00967. The molecular formula is C13H25NO2. The maximum Gasteiger partial charge on any atom is 0.0695 e. The molecule has 2 fully saturated rings. The predicted octanol–water partition coefficient (Wildman–Crippen LogP) is 1.38. The fourth-order valence-electron chi connectivity index (χ4n) is 3.25. The topological polar surface area (TPSA) is 43.7 Å². The summed E-state index contributed by atoms with van der Waals surface area (Å²) >= 11 is 0. The summed E-state index contributed by atoms with van der Waals surface area (Å²) in [7, 11) is 0. The second-order valence-corrected chi connectivity index (χ2v) is 5.53. The number of rotatable bonds is 2. The van der Waals surface area contributed by atoms with Gasteiger partial charge in [0.25, 0.3) is 0 Å². The summed E-state index contributed by atoms with van der Waals surface area (Å²) in [6, 6.07) is 0.392. The maximum absolute atomic E-state index is 10.0. The first-order chi connectivity index (χ1) is 7.68. The highest BCUT2D eigenvalue weighted by Crippen LogP contribution is 2.28. The smallest absolute Gasteiger partial charge is 0.0695 e. The van der Waals surface area contributed by atoms with E-state index in [1.54, 1.807) is 0 Å². The Kier molecular flexibility index (Phi) is 4.22. The van der Waals surface area contributed by atoms with Gasteiger partial charge in [-0.1, -0.05) is 12.8 Å². The highest BCUT2D eigenvalue weighted by atomic mass is 16.3. The SMILES string of the molecule is CC(O)C1CCN([C@H]2CCCC[C@@H]2O)CC1. The fraction of sp³-hybridized carbons (Fsp3) is 1.00. The molecule has 2 rings (SSSR count). The van der Waals surface area contributed by atoms with Gasteiger partial charge in [-0.2, -0.15) is 0 Å². The highest BCUT2D eigenvalue weighted by Gasteiger charge is 2.32. The summed E-state index contributed by atoms with van der Waals surface area (Å²) in [6.07, 6.45) is 6.46. The van der Waals surface area contributed by atoms with Crippen LogP contribution >= 0.6 is 0 Å². The minimum absolute atomic E-state index is 0.114. The molecule has 2 aliphatic rings. The van der Waals surface area contributed by atoms with Crippen LogP contribution in [0.4, 0.5) is 0 Å². The zero-order valence-corrected chi connectivity index (χ0v) is 10.3. The van der Waals surface area contributed by atoms with Crippen molar-refractivity contribution in [1.29, 1.82) is 0 Å². The molecule has 0 aromatic carbocycles. The lowest BCUT2D eigenvalue weighted by atomic mass is 9.87. The van der Waals surface area contributed by atoms with Gasteiger partial charge < -0.3 is 10.2 Å². The first-order valence-corrected chi connectivity index (χ1v) is 6.78. The summed E-state index contributed by atoms with van der Waals surface area (Å²) in [6.45, 7) is 4.00. The van der Waals surface area contributed by atoms with Crippen molar-refractivity contribution >= 4 is 0 Å². The third kappa shape index (κ3) is 2.76. The van der Waals surface area contributed by atoms with Crippen molar-refractivity contribution in [2.24, 2.45) is 5.92 Å². The number of hydrogen-bond donors (Lipinski definition) is 2. The Morgan fingerprint density at radius 2 is 1.69 bits per heavy atom. The van der Waals surface area contributed by atoms with E-state index in [1.165, 1.54) is 12.8 Å². The van der Waals surface area contributed by atoms with E-state index in [-0.39, 0.29) is 12.2 Å². The first-order valence-electron chi connectivity index (χ1n) is 6.78. The second-order valence-electron chi connectivity index (χ2n) is 5.53. The molecule has 1 aliphatic carbocycles. The molecule has 1 saturated carbocycles. The van der Waals surface area contributed by atoms with Crippen LogP contribution in [0.25, 0.3) is 0 Å². The van der Waals surface area contributed by atoms with Crippen LogP contribution in [0.15, 0.2) is 0 Å². The lowest BCUT2D eigenvalue weighted by Gasteiger charge is -2.42. The minimum atomic E-state index is -0.168. The highest BCUT2D eigenvalue weighted by molar-refractivity contribution is 4.86. The van der Waals surface area contributed by atoms with Crippen molar-refractivity contribution < 1.29 is 10.2 Å². The van der Waals surface area contributed by atoms with Gasteiger partial charge >= 0.3 is 0 Å². The molecule has 3 nitrogen and oxygen atoms in total. The zero-order valence-electron chi connectivity index (χ0n) is 10.3. The lowest BCUT2D eigenvalue weighted by Crippen LogP contribution is -2.49. The van der Waals surface area contributed by atoms with Gasteiger partial charge in [-0.25, -0.2) is 0 Å². The molecule has 3 heteroatoms. The largest absolute Gasteiger partial charge is 0.393 e. The fourth-order valence-corrected chi connectivity index (χ4v) is 3.25. The van der Waals surface area contributed by atoms with Gasteiger partial charge in [-0.3, -0.25) is 4.90 Å². The number of nitrogens with zero attached hydrogens (tertiary/aromatic N) is 1. The standard InChI is InChI=1S/C13H25NO2/c1-10(15)11-6-8-14(9-7-11)12-4-2-3-5-13(12)16/h10-13,15-16H,2-9H2,1H3/t10?,12-,13-/m0/s1. The molecule has 1 saturated heterocycles. The zero-order chi connectivity index (χ0) is 11.5. The number of hydrogen-bond acceptors (Lipinski definition) is 3. The number of aliphatic hydroxyl groups is 2. The quantitative estimate of drug-likeness (QED) is 0.749. The van der Waals surface area contributed by atoms with E-state index in [1.807, 2.05) is 6.92 Å². The molecular weight excluding hydrogens is 202 g/mol. The Labute approximate surface area is 98.5 Å². The molecule has 1 heterocycles. The average Bonchev–Trinajstić information content (AvgIpc) is 2.30. The van der Waals surface area contributed by atoms with Gasteiger partial charge in [0.2, 0.25) is 0 Å². The van der Waals surface area contributed by atoms with Crippen molar-refractivity contribution in [2.45, 2.75) is 63.7 Å². The summed E-state index contributed by atoms with van der Waals surface area (Å²) in [4.78, 5) is 2.45. The monoisotopic (exact) mass is 227 g/mol. The Hall–Kier alpha value is -0.120. The van der Waals surface area contributed by atoms with Gasteiger partial charge in [-0.05, 0) is 51.6 Å². The van der Waals surface area contributed by atoms with E-state index in [0.717, 1.165) is 38.8 Å². The molecule has 2 N–H and O–H groups in total. The van der Waals surface area contributed by atoms with Gasteiger partial charge in [-0.15, -0.1) is 0 Å². The summed E-state index contributed by atoms with van der Waals surface area (Å²) in [5, 5.41) is 19.6. The third-order valence-corrected chi connectivity index (χ3v) is 4.42. The molecule has 1 aliphatic heterocycles. The molecule has 16 heavy (non-hydrogen) atoms. The Bertz CT molecular complexity index is 212. The Morgan fingerprint density at radius 1 is 1.06 bits per heavy atom. The van der Waals surface area contributed by atoms with Crippen LogP contribution in [-0.2, 0) is 0 Å². The number of aliphatic hydroxyl groups excluding tert-OH is 2. The molecule has 1 unspecified atom stereocenters. The maximum atomic E-state index is 10.0. The molecule has 0 radical (unpaired) electrons. The van der Waals surface area contributed by atoms with Crippen LogP contribution in [0.5, 0.6) is 0 Å². The van der Waals surface area contributed by atoms with E-state index in [4.69, 9.17) is 0 Å². The van der Waals surface area contributed by atoms with Crippen LogP contribution in [0.1, 0.15) is 45.4 Å². The van der Waals surface area contributed by atoms with E-state index in [2.05, 4.69) is 4.90 Å². The molecule has 3 atom stereocenters. The van der Waals surface area contributed by atoms with Crippen molar-refractivity contribution in [3.63, 3.8) is 0 Å². The molecule has 0 bridgehead atoms. The number of likely N-dealkylation sites (tertiary alicyclic amines) is 1. The van der Waals surface area contributed by atoms with Crippen LogP contribution < -0.4 is 0 Å². The van der Waals surface area contributed by atoms with Crippen LogP contribution in [0, 0.1) is 5.92 Å². The molecule has 0 spiro atoms. The van der Waals surface area contributed by atoms with Gasteiger partial charge in [0.15, 0.2) is 0 Å². The molecule has 0 aromatic heterocycles. The van der Waals surface area contributed by atoms with Crippen molar-refractivity contribution in [3.05, 3.63) is 0 Å². The average molecular weight is 227 g/mol. The van der Waals surface area contributed by atoms with Crippen molar-refractivity contribution in [3.8, 4) is 0 Å². The summed E-state index contributed by atoms with van der Waals surface area (Å²) in [5.41, 5.74) is 0. The molecule has 0 aromatic rings. The van der Waals surface area contributed by atoms with E-state index < -0.39 is 0 Å². The van der Waals surface area contributed by atoms with Crippen LogP contribution in [0.3, 0.4) is 0 Å². The van der Waals surface area contributed by atoms with E-state index >= 15 is 0 Å². The predicted molar refractivity (Wildman–Crippen MR) is 64.2 cm³/mol. The van der Waals surface area contributed by atoms with Crippen molar-refractivity contribution in [1.82, 2.24) is 4.90 Å². The Balaban J connectivity index is 1.83. The van der Waals surface area contributed by atoms with Crippen LogP contribution in [-0.4, -0.2) is 46.5 Å². The Morgan fingerprint density at radius 3 is 2.25 bits per heavy atom. The molecule has 0 amide bonds. The minimum Gasteiger partial charge on any atom is -0.393 e. The second kappa shape index (κ2) is 5.48. The third-order valence-electron chi connectivity index (χ3n) is 4.42. The van der Waals surface area contributed by atoms with Crippen LogP contribution in [0.2, 0.25) is 0 Å². The van der Waals surface area contributed by atoms with Gasteiger partial charge in [0.05, 0.1) is 12.2 Å². The van der Waals surface area contributed by atoms with Crippen molar-refractivity contribution in [2.75, 3.05) is 13.1 Å². The van der Waals surface area contributed by atoms with E-state index in [9.17, 15) is 10.2 Å². The first kappa shape index (κ1) is 12.3. The number of piperidine rings is 1. The molecule has 94 valence electrons.